The zero-order valence-corrected chi connectivity index (χ0v) is 19.3. The molecule has 4 heteroatoms. The third-order valence-electron chi connectivity index (χ3n) is 5.04. The zero-order chi connectivity index (χ0) is 23.0. The second kappa shape index (κ2) is 11.3. The van der Waals surface area contributed by atoms with Crippen LogP contribution in [-0.2, 0) is 19.1 Å². The smallest absolute Gasteiger partial charge is 0.330 e. The highest BCUT2D eigenvalue weighted by atomic mass is 16.5. The molecule has 0 radical (unpaired) electrons. The van der Waals surface area contributed by atoms with Crippen molar-refractivity contribution >= 4 is 11.9 Å². The molecule has 0 saturated heterocycles. The number of rotatable bonds is 7. The first-order valence-electron chi connectivity index (χ1n) is 10.7. The van der Waals surface area contributed by atoms with Crippen molar-refractivity contribution in [3.8, 4) is 0 Å². The predicted octanol–water partition coefficient (Wildman–Crippen LogP) is 5.88. The fourth-order valence-electron chi connectivity index (χ4n) is 3.39. The minimum Gasteiger partial charge on any atom is -0.463 e. The van der Waals surface area contributed by atoms with E-state index < -0.39 is 11.9 Å². The lowest BCUT2D eigenvalue weighted by Gasteiger charge is -2.17. The molecule has 2 aliphatic rings. The number of hydrogen-bond donors (Lipinski definition) is 0. The molecule has 0 aromatic heterocycles. The van der Waals surface area contributed by atoms with Crippen molar-refractivity contribution in [1.29, 1.82) is 0 Å². The lowest BCUT2D eigenvalue weighted by atomic mass is 9.87. The normalized spacial score (nSPS) is 16.8. The van der Waals surface area contributed by atoms with E-state index in [2.05, 4.69) is 45.9 Å². The summed E-state index contributed by atoms with van der Waals surface area (Å²) in [6, 6.07) is 0. The van der Waals surface area contributed by atoms with Crippen LogP contribution < -0.4 is 0 Å². The molecule has 0 aromatic carbocycles. The first-order chi connectivity index (χ1) is 14.8. The van der Waals surface area contributed by atoms with Gasteiger partial charge in [-0.1, -0.05) is 44.2 Å². The van der Waals surface area contributed by atoms with Crippen LogP contribution in [0.25, 0.3) is 0 Å². The van der Waals surface area contributed by atoms with Gasteiger partial charge in [0.1, 0.15) is 0 Å². The lowest BCUT2D eigenvalue weighted by Crippen LogP contribution is -2.03. The Morgan fingerprint density at radius 3 is 2.03 bits per heavy atom. The van der Waals surface area contributed by atoms with E-state index in [9.17, 15) is 9.59 Å². The predicted molar refractivity (Wildman–Crippen MR) is 125 cm³/mol. The quantitative estimate of drug-likeness (QED) is 0.381. The summed E-state index contributed by atoms with van der Waals surface area (Å²) in [4.78, 5) is 24.0. The molecule has 0 fully saturated rings. The largest absolute Gasteiger partial charge is 0.463 e. The molecule has 0 heterocycles. The molecule has 0 bridgehead atoms. The molecule has 0 unspecified atom stereocenters. The summed E-state index contributed by atoms with van der Waals surface area (Å²) in [5, 5.41) is 0. The van der Waals surface area contributed by atoms with Crippen LogP contribution in [0.4, 0.5) is 0 Å². The molecule has 0 amide bonds. The number of carbonyl (C=O) groups is 2. The fourth-order valence-corrected chi connectivity index (χ4v) is 3.39. The Bertz CT molecular complexity index is 973. The van der Waals surface area contributed by atoms with Gasteiger partial charge in [0.05, 0.1) is 13.2 Å². The Morgan fingerprint density at radius 2 is 1.45 bits per heavy atom. The molecule has 0 aromatic rings. The lowest BCUT2D eigenvalue weighted by molar-refractivity contribution is -0.138. The van der Waals surface area contributed by atoms with E-state index in [0.717, 1.165) is 33.4 Å². The van der Waals surface area contributed by atoms with Crippen LogP contribution in [0, 0.1) is 5.92 Å². The summed E-state index contributed by atoms with van der Waals surface area (Å²) < 4.78 is 10.1. The third kappa shape index (κ3) is 6.42. The molecular weight excluding hydrogens is 388 g/mol. The number of fused-ring (bicyclic) bond motifs is 1. The van der Waals surface area contributed by atoms with Crippen LogP contribution in [0.2, 0.25) is 0 Å². The van der Waals surface area contributed by atoms with E-state index in [-0.39, 0.29) is 0 Å². The number of allylic oxidation sites excluding steroid dienone is 14. The summed E-state index contributed by atoms with van der Waals surface area (Å²) in [6.07, 6.45) is 16.8. The number of esters is 2. The maximum absolute atomic E-state index is 12.0. The highest BCUT2D eigenvalue weighted by Crippen LogP contribution is 2.38. The number of carbonyl (C=O) groups excluding carboxylic acids is 2. The highest BCUT2D eigenvalue weighted by Gasteiger charge is 2.21. The monoisotopic (exact) mass is 420 g/mol. The zero-order valence-electron chi connectivity index (χ0n) is 19.3. The molecule has 0 atom stereocenters. The highest BCUT2D eigenvalue weighted by molar-refractivity contribution is 5.85. The van der Waals surface area contributed by atoms with Gasteiger partial charge in [-0.3, -0.25) is 0 Å². The van der Waals surface area contributed by atoms with Crippen molar-refractivity contribution in [2.24, 2.45) is 5.92 Å². The standard InChI is InChI=1S/C27H32O4/c1-7-30-25(28)15-13-21-11-9-19(5)24-17-22(18(3)4)12-10-20(6)27(24)23(21)14-16-26(29)31-8-2/h9-18H,7-8H2,1-6H3/b15-13+,16-14+. The van der Waals surface area contributed by atoms with Crippen molar-refractivity contribution in [3.63, 3.8) is 0 Å². The molecule has 164 valence electrons. The fraction of sp³-hybridized carbons (Fsp3) is 0.333. The molecule has 4 nitrogen and oxygen atoms in total. The Morgan fingerprint density at radius 1 is 0.871 bits per heavy atom. The van der Waals surface area contributed by atoms with Gasteiger partial charge in [0.2, 0.25) is 0 Å². The summed E-state index contributed by atoms with van der Waals surface area (Å²) in [5.74, 6) is -0.429. The van der Waals surface area contributed by atoms with E-state index in [4.69, 9.17) is 9.47 Å². The van der Waals surface area contributed by atoms with Gasteiger partial charge in [0.15, 0.2) is 0 Å². The van der Waals surface area contributed by atoms with Crippen molar-refractivity contribution in [3.05, 3.63) is 93.7 Å². The van der Waals surface area contributed by atoms with Crippen LogP contribution in [0.15, 0.2) is 93.7 Å². The Labute approximate surface area is 185 Å². The minimum absolute atomic E-state index is 0.312. The number of ether oxygens (including phenoxy) is 2. The summed E-state index contributed by atoms with van der Waals surface area (Å²) in [7, 11) is 0. The Kier molecular flexibility index (Phi) is 8.80. The summed E-state index contributed by atoms with van der Waals surface area (Å²) >= 11 is 0. The topological polar surface area (TPSA) is 52.6 Å². The SMILES string of the molecule is CCOC(=O)/C=C/C1=CC=C(C)C2=CC(C(C)C)=CC=C(C)C2=C1/C=C/C(=O)OCC. The molecule has 0 spiro atoms. The van der Waals surface area contributed by atoms with Crippen LogP contribution >= 0.6 is 0 Å². The first kappa shape index (κ1) is 24.1. The van der Waals surface area contributed by atoms with Gasteiger partial charge < -0.3 is 9.47 Å². The van der Waals surface area contributed by atoms with Crippen molar-refractivity contribution in [1.82, 2.24) is 0 Å². The van der Waals surface area contributed by atoms with Gasteiger partial charge in [-0.25, -0.2) is 9.59 Å². The maximum atomic E-state index is 12.0. The Balaban J connectivity index is 2.70. The average Bonchev–Trinajstić information content (AvgIpc) is 2.96. The average molecular weight is 421 g/mol. The summed E-state index contributed by atoms with van der Waals surface area (Å²) in [5.41, 5.74) is 7.21. The molecule has 0 N–H and O–H groups in total. The molecule has 2 aliphatic carbocycles. The van der Waals surface area contributed by atoms with E-state index in [1.807, 2.05) is 12.2 Å². The first-order valence-corrected chi connectivity index (χ1v) is 10.7. The third-order valence-corrected chi connectivity index (χ3v) is 5.04. The van der Waals surface area contributed by atoms with Crippen molar-refractivity contribution < 1.29 is 19.1 Å². The van der Waals surface area contributed by atoms with E-state index in [1.54, 1.807) is 26.0 Å². The van der Waals surface area contributed by atoms with Crippen LogP contribution in [0.1, 0.15) is 41.5 Å². The van der Waals surface area contributed by atoms with E-state index >= 15 is 0 Å². The molecule has 0 aliphatic heterocycles. The van der Waals surface area contributed by atoms with Gasteiger partial charge in [-0.05, 0) is 84.8 Å². The van der Waals surface area contributed by atoms with Crippen molar-refractivity contribution in [2.75, 3.05) is 13.2 Å². The molecule has 2 rings (SSSR count). The van der Waals surface area contributed by atoms with E-state index in [1.165, 1.54) is 17.7 Å². The van der Waals surface area contributed by atoms with Gasteiger partial charge >= 0.3 is 11.9 Å². The molecule has 0 saturated carbocycles. The summed E-state index contributed by atoms with van der Waals surface area (Å²) in [6.45, 7) is 12.7. The second-order valence-electron chi connectivity index (χ2n) is 7.66. The van der Waals surface area contributed by atoms with Crippen molar-refractivity contribution in [2.45, 2.75) is 41.5 Å². The minimum atomic E-state index is -0.403. The van der Waals surface area contributed by atoms with Gasteiger partial charge in [0.25, 0.3) is 0 Å². The van der Waals surface area contributed by atoms with Gasteiger partial charge in [0, 0.05) is 12.2 Å². The Hall–Kier alpha value is -3.14. The van der Waals surface area contributed by atoms with Gasteiger partial charge in [-0.15, -0.1) is 0 Å². The second-order valence-corrected chi connectivity index (χ2v) is 7.66. The number of hydrogen-bond acceptors (Lipinski definition) is 4. The van der Waals surface area contributed by atoms with Gasteiger partial charge in [-0.2, -0.15) is 0 Å². The van der Waals surface area contributed by atoms with Crippen LogP contribution in [0.3, 0.4) is 0 Å². The molecular formula is C27H32O4. The van der Waals surface area contributed by atoms with E-state index in [0.29, 0.717) is 19.1 Å². The maximum Gasteiger partial charge on any atom is 0.330 e. The van der Waals surface area contributed by atoms with Crippen LogP contribution in [-0.4, -0.2) is 25.2 Å². The van der Waals surface area contributed by atoms with Crippen LogP contribution in [0.5, 0.6) is 0 Å². The molecule has 31 heavy (non-hydrogen) atoms.